The fraction of sp³-hybridized carbons (Fsp3) is 0.261. The number of nitrogens with zero attached hydrogens (tertiary/aromatic N) is 1. The number of hydrogen-bond donors (Lipinski definition) is 2. The summed E-state index contributed by atoms with van der Waals surface area (Å²) >= 11 is 0. The monoisotopic (exact) mass is 371 g/mol. The van der Waals surface area contributed by atoms with E-state index in [4.69, 9.17) is 4.98 Å². The Kier molecular flexibility index (Phi) is 4.08. The van der Waals surface area contributed by atoms with E-state index in [1.165, 1.54) is 0 Å². The summed E-state index contributed by atoms with van der Waals surface area (Å²) in [6.45, 7) is 0. The van der Waals surface area contributed by atoms with E-state index in [1.807, 2.05) is 30.3 Å². The first-order chi connectivity index (χ1) is 13.7. The number of aromatic nitrogens is 1. The summed E-state index contributed by atoms with van der Waals surface area (Å²) in [6.07, 6.45) is 4.34. The maximum atomic E-state index is 13.1. The topological polar surface area (TPSA) is 71.1 Å². The number of para-hydroxylation sites is 1. The lowest BCUT2D eigenvalue weighted by molar-refractivity contribution is 0.0949. The molecule has 0 aliphatic heterocycles. The molecule has 1 heterocycles. The predicted octanol–water partition coefficient (Wildman–Crippen LogP) is 4.26. The maximum Gasteiger partial charge on any atom is 0.256 e. The molecule has 5 rings (SSSR count). The summed E-state index contributed by atoms with van der Waals surface area (Å²) in [5, 5.41) is 6.77. The van der Waals surface area contributed by atoms with Gasteiger partial charge in [0, 0.05) is 34.3 Å². The molecule has 0 atom stereocenters. The summed E-state index contributed by atoms with van der Waals surface area (Å²) in [4.78, 5) is 30.1. The van der Waals surface area contributed by atoms with Crippen molar-refractivity contribution in [1.82, 2.24) is 10.3 Å². The van der Waals surface area contributed by atoms with Gasteiger partial charge in [0.2, 0.25) is 0 Å². The van der Waals surface area contributed by atoms with Crippen molar-refractivity contribution in [2.24, 2.45) is 0 Å². The van der Waals surface area contributed by atoms with Crippen LogP contribution in [-0.2, 0) is 0 Å². The van der Waals surface area contributed by atoms with Gasteiger partial charge in [-0.1, -0.05) is 24.3 Å². The number of benzene rings is 2. The lowest BCUT2D eigenvalue weighted by Crippen LogP contribution is -2.25. The first-order valence-corrected chi connectivity index (χ1v) is 9.79. The number of nitrogens with one attached hydrogen (secondary N) is 2. The van der Waals surface area contributed by atoms with Crippen LogP contribution in [0.25, 0.3) is 10.9 Å². The van der Waals surface area contributed by atoms with E-state index in [2.05, 4.69) is 10.6 Å². The van der Waals surface area contributed by atoms with Crippen molar-refractivity contribution in [3.63, 3.8) is 0 Å². The number of anilines is 1. The third-order valence-electron chi connectivity index (χ3n) is 5.27. The quantitative estimate of drug-likeness (QED) is 0.704. The number of rotatable bonds is 5. The Bertz CT molecular complexity index is 1080. The highest BCUT2D eigenvalue weighted by Gasteiger charge is 2.27. The van der Waals surface area contributed by atoms with Crippen LogP contribution < -0.4 is 10.6 Å². The van der Waals surface area contributed by atoms with Gasteiger partial charge in [0.1, 0.15) is 0 Å². The molecule has 0 radical (unpaired) electrons. The molecule has 0 saturated heterocycles. The highest BCUT2D eigenvalue weighted by molar-refractivity contribution is 6.12. The molecule has 2 aliphatic carbocycles. The van der Waals surface area contributed by atoms with Crippen molar-refractivity contribution in [1.29, 1.82) is 0 Å². The van der Waals surface area contributed by atoms with E-state index >= 15 is 0 Å². The molecule has 5 nitrogen and oxygen atoms in total. The minimum Gasteiger partial charge on any atom is -0.349 e. The van der Waals surface area contributed by atoms with Gasteiger partial charge in [0.05, 0.1) is 11.1 Å². The Labute approximate surface area is 163 Å². The van der Waals surface area contributed by atoms with Crippen LogP contribution in [0.5, 0.6) is 0 Å². The zero-order chi connectivity index (χ0) is 19.1. The number of pyridine rings is 1. The van der Waals surface area contributed by atoms with Crippen molar-refractivity contribution in [3.05, 3.63) is 71.4 Å². The van der Waals surface area contributed by atoms with Crippen LogP contribution in [0, 0.1) is 0 Å². The Morgan fingerprint density at radius 1 is 0.893 bits per heavy atom. The molecule has 1 aromatic heterocycles. The zero-order valence-corrected chi connectivity index (χ0v) is 15.4. The third kappa shape index (κ3) is 3.48. The predicted molar refractivity (Wildman–Crippen MR) is 109 cm³/mol. The molecule has 2 aliphatic rings. The van der Waals surface area contributed by atoms with Crippen LogP contribution in [0.3, 0.4) is 0 Å². The Morgan fingerprint density at radius 2 is 1.71 bits per heavy atom. The van der Waals surface area contributed by atoms with Crippen LogP contribution in [0.1, 0.15) is 58.0 Å². The number of carbonyl (C=O) groups is 2. The van der Waals surface area contributed by atoms with Gasteiger partial charge in [-0.3, -0.25) is 14.6 Å². The lowest BCUT2D eigenvalue weighted by atomic mass is 10.0. The standard InChI is InChI=1S/C23H21N3O2/c27-22(24-16-10-11-16)15-4-3-5-17(12-15)25-23(28)19-13-21(14-8-9-14)26-20-7-2-1-6-18(19)20/h1-7,12-14,16H,8-11H2,(H,24,27)(H,25,28). The highest BCUT2D eigenvalue weighted by atomic mass is 16.2. The van der Waals surface area contributed by atoms with Gasteiger partial charge >= 0.3 is 0 Å². The lowest BCUT2D eigenvalue weighted by Gasteiger charge is -2.11. The minimum absolute atomic E-state index is 0.0935. The molecule has 0 spiro atoms. The molecule has 2 saturated carbocycles. The van der Waals surface area contributed by atoms with Crippen LogP contribution in [0.2, 0.25) is 0 Å². The summed E-state index contributed by atoms with van der Waals surface area (Å²) in [6, 6.07) is 17.0. The van der Waals surface area contributed by atoms with E-state index in [9.17, 15) is 9.59 Å². The molecule has 2 fully saturated rings. The second-order valence-corrected chi connectivity index (χ2v) is 7.67. The number of hydrogen-bond acceptors (Lipinski definition) is 3. The van der Waals surface area contributed by atoms with E-state index in [0.29, 0.717) is 28.8 Å². The SMILES string of the molecule is O=C(NC1CC1)c1cccc(NC(=O)c2cc(C3CC3)nc3ccccc23)c1. The summed E-state index contributed by atoms with van der Waals surface area (Å²) < 4.78 is 0. The molecule has 0 bridgehead atoms. The van der Waals surface area contributed by atoms with Gasteiger partial charge in [-0.05, 0) is 56.0 Å². The maximum absolute atomic E-state index is 13.1. The molecule has 28 heavy (non-hydrogen) atoms. The summed E-state index contributed by atoms with van der Waals surface area (Å²) in [5.74, 6) is 0.190. The molecular formula is C23H21N3O2. The van der Waals surface area contributed by atoms with Crippen LogP contribution in [-0.4, -0.2) is 22.8 Å². The van der Waals surface area contributed by atoms with Gasteiger partial charge in [-0.25, -0.2) is 0 Å². The minimum atomic E-state index is -0.180. The largest absolute Gasteiger partial charge is 0.349 e. The number of carbonyl (C=O) groups excluding carboxylic acids is 2. The highest BCUT2D eigenvalue weighted by Crippen LogP contribution is 2.40. The first kappa shape index (κ1) is 16.9. The fourth-order valence-electron chi connectivity index (χ4n) is 3.41. The first-order valence-electron chi connectivity index (χ1n) is 9.79. The normalized spacial score (nSPS) is 16.0. The molecule has 2 aromatic carbocycles. The molecule has 2 N–H and O–H groups in total. The zero-order valence-electron chi connectivity index (χ0n) is 15.4. The van der Waals surface area contributed by atoms with Crippen molar-refractivity contribution < 1.29 is 9.59 Å². The molecule has 3 aromatic rings. The van der Waals surface area contributed by atoms with E-state index in [0.717, 1.165) is 42.3 Å². The Morgan fingerprint density at radius 3 is 2.50 bits per heavy atom. The van der Waals surface area contributed by atoms with Crippen molar-refractivity contribution in [2.75, 3.05) is 5.32 Å². The average Bonchev–Trinajstić information content (AvgIpc) is 3.61. The van der Waals surface area contributed by atoms with Gasteiger partial charge in [-0.15, -0.1) is 0 Å². The third-order valence-corrected chi connectivity index (χ3v) is 5.27. The average molecular weight is 371 g/mol. The van der Waals surface area contributed by atoms with Crippen molar-refractivity contribution in [2.45, 2.75) is 37.6 Å². The van der Waals surface area contributed by atoms with Gasteiger partial charge in [0.25, 0.3) is 11.8 Å². The molecule has 5 heteroatoms. The molecule has 0 unspecified atom stereocenters. The summed E-state index contributed by atoms with van der Waals surface area (Å²) in [5.41, 5.74) is 3.63. The van der Waals surface area contributed by atoms with Crippen LogP contribution in [0.4, 0.5) is 5.69 Å². The Balaban J connectivity index is 1.43. The Hall–Kier alpha value is -3.21. The second-order valence-electron chi connectivity index (χ2n) is 7.67. The second kappa shape index (κ2) is 6.75. The van der Waals surface area contributed by atoms with Crippen molar-refractivity contribution in [3.8, 4) is 0 Å². The fourth-order valence-corrected chi connectivity index (χ4v) is 3.41. The van der Waals surface area contributed by atoms with E-state index in [-0.39, 0.29) is 11.8 Å². The van der Waals surface area contributed by atoms with Gasteiger partial charge in [0.15, 0.2) is 0 Å². The smallest absolute Gasteiger partial charge is 0.256 e. The van der Waals surface area contributed by atoms with E-state index < -0.39 is 0 Å². The molecule has 2 amide bonds. The van der Waals surface area contributed by atoms with Crippen LogP contribution in [0.15, 0.2) is 54.6 Å². The van der Waals surface area contributed by atoms with Gasteiger partial charge < -0.3 is 10.6 Å². The number of fused-ring (bicyclic) bond motifs is 1. The van der Waals surface area contributed by atoms with Crippen LogP contribution >= 0.6 is 0 Å². The van der Waals surface area contributed by atoms with Crippen molar-refractivity contribution >= 4 is 28.4 Å². The van der Waals surface area contributed by atoms with E-state index in [1.54, 1.807) is 24.3 Å². The van der Waals surface area contributed by atoms with Gasteiger partial charge in [-0.2, -0.15) is 0 Å². The number of amides is 2. The molecule has 140 valence electrons. The molecular weight excluding hydrogens is 350 g/mol. The summed E-state index contributed by atoms with van der Waals surface area (Å²) in [7, 11) is 0.